The lowest BCUT2D eigenvalue weighted by atomic mass is 9.85. The summed E-state index contributed by atoms with van der Waals surface area (Å²) >= 11 is 0. The Kier molecular flexibility index (Phi) is 4.39. The van der Waals surface area contributed by atoms with Crippen LogP contribution in [0.5, 0.6) is 0 Å². The topological polar surface area (TPSA) is 48.8 Å². The molecule has 1 rings (SSSR count). The quantitative estimate of drug-likeness (QED) is 0.389. The van der Waals surface area contributed by atoms with Gasteiger partial charge in [0.15, 0.2) is 0 Å². The first-order valence-corrected chi connectivity index (χ1v) is 5.76. The maximum absolute atomic E-state index is 8.71. The monoisotopic (exact) mass is 217 g/mol. The molecule has 0 radical (unpaired) electrons. The molecule has 0 bridgehead atoms. The van der Waals surface area contributed by atoms with Crippen molar-refractivity contribution in [2.45, 2.75) is 45.6 Å². The third kappa shape index (κ3) is 2.77. The summed E-state index contributed by atoms with van der Waals surface area (Å²) in [4.78, 5) is 3.00. The molecule has 0 saturated heterocycles. The summed E-state index contributed by atoms with van der Waals surface area (Å²) in [6, 6.07) is 8.13. The average molecular weight is 217 g/mol. The normalized spacial score (nSPS) is 13.9. The zero-order chi connectivity index (χ0) is 12.0. The van der Waals surface area contributed by atoms with Gasteiger partial charge in [-0.3, -0.25) is 0 Å². The van der Waals surface area contributed by atoms with Gasteiger partial charge in [-0.2, -0.15) is 0 Å². The van der Waals surface area contributed by atoms with Gasteiger partial charge < -0.3 is 0 Å². The van der Waals surface area contributed by atoms with Crippen molar-refractivity contribution in [3.8, 4) is 0 Å². The molecular formula is C13H19N3. The molecule has 1 aromatic carbocycles. The molecule has 0 spiro atoms. The van der Waals surface area contributed by atoms with Crippen molar-refractivity contribution in [3.05, 3.63) is 45.8 Å². The van der Waals surface area contributed by atoms with E-state index in [1.165, 1.54) is 5.56 Å². The molecule has 1 unspecified atom stereocenters. The fraction of sp³-hybridized carbons (Fsp3) is 0.538. The van der Waals surface area contributed by atoms with E-state index >= 15 is 0 Å². The summed E-state index contributed by atoms with van der Waals surface area (Å²) in [6.07, 6.45) is 3.09. The fourth-order valence-corrected chi connectivity index (χ4v) is 2.04. The molecule has 0 aliphatic rings. The van der Waals surface area contributed by atoms with E-state index in [9.17, 15) is 0 Å². The standard InChI is InChI=1S/C13H19N3/c1-4-5-10-13(3,15-16-14)12-9-7-6-8-11(12)2/h6-9H,4-5,10H2,1-3H3. The van der Waals surface area contributed by atoms with Crippen molar-refractivity contribution in [1.29, 1.82) is 0 Å². The Balaban J connectivity index is 3.10. The lowest BCUT2D eigenvalue weighted by Gasteiger charge is -2.26. The third-order valence-electron chi connectivity index (χ3n) is 3.01. The van der Waals surface area contributed by atoms with Crippen LogP contribution in [0.1, 0.15) is 44.2 Å². The molecule has 3 nitrogen and oxygen atoms in total. The van der Waals surface area contributed by atoms with Gasteiger partial charge in [0.05, 0.1) is 5.54 Å². The Bertz CT molecular complexity index is 394. The third-order valence-corrected chi connectivity index (χ3v) is 3.01. The first-order valence-electron chi connectivity index (χ1n) is 5.76. The van der Waals surface area contributed by atoms with Gasteiger partial charge in [-0.25, -0.2) is 0 Å². The smallest absolute Gasteiger partial charge is 0.0712 e. The van der Waals surface area contributed by atoms with Crippen molar-refractivity contribution in [2.75, 3.05) is 0 Å². The minimum Gasteiger partial charge on any atom is -0.0828 e. The first kappa shape index (κ1) is 12.6. The Hall–Kier alpha value is -1.47. The number of benzene rings is 1. The van der Waals surface area contributed by atoms with Gasteiger partial charge in [-0.15, -0.1) is 0 Å². The van der Waals surface area contributed by atoms with Gasteiger partial charge in [0.2, 0.25) is 0 Å². The van der Waals surface area contributed by atoms with Crippen LogP contribution >= 0.6 is 0 Å². The minimum absolute atomic E-state index is 0.407. The van der Waals surface area contributed by atoms with Gasteiger partial charge >= 0.3 is 0 Å². The van der Waals surface area contributed by atoms with Crippen LogP contribution in [-0.4, -0.2) is 0 Å². The Labute approximate surface area is 97.1 Å². The summed E-state index contributed by atoms with van der Waals surface area (Å²) in [5, 5.41) is 4.01. The Morgan fingerprint density at radius 2 is 2.06 bits per heavy atom. The summed E-state index contributed by atoms with van der Waals surface area (Å²) in [6.45, 7) is 6.23. The zero-order valence-corrected chi connectivity index (χ0v) is 10.3. The highest BCUT2D eigenvalue weighted by Gasteiger charge is 2.25. The van der Waals surface area contributed by atoms with Gasteiger partial charge in [-0.05, 0) is 36.9 Å². The molecule has 3 heteroatoms. The lowest BCUT2D eigenvalue weighted by molar-refractivity contribution is 0.429. The van der Waals surface area contributed by atoms with Crippen LogP contribution in [0.4, 0.5) is 0 Å². The highest BCUT2D eigenvalue weighted by molar-refractivity contribution is 5.32. The Morgan fingerprint density at radius 3 is 2.62 bits per heavy atom. The highest BCUT2D eigenvalue weighted by atomic mass is 15.2. The molecule has 0 heterocycles. The molecule has 0 amide bonds. The molecule has 86 valence electrons. The van der Waals surface area contributed by atoms with E-state index in [0.717, 1.165) is 24.8 Å². The van der Waals surface area contributed by atoms with Crippen LogP contribution in [0.3, 0.4) is 0 Å². The van der Waals surface area contributed by atoms with E-state index in [2.05, 4.69) is 36.0 Å². The van der Waals surface area contributed by atoms with E-state index in [0.29, 0.717) is 0 Å². The molecule has 16 heavy (non-hydrogen) atoms. The maximum atomic E-state index is 8.71. The van der Waals surface area contributed by atoms with Crippen molar-refractivity contribution in [2.24, 2.45) is 5.11 Å². The maximum Gasteiger partial charge on any atom is 0.0712 e. The fourth-order valence-electron chi connectivity index (χ4n) is 2.04. The van der Waals surface area contributed by atoms with E-state index in [1.807, 2.05) is 19.1 Å². The largest absolute Gasteiger partial charge is 0.0828 e. The van der Waals surface area contributed by atoms with Crippen molar-refractivity contribution in [1.82, 2.24) is 0 Å². The van der Waals surface area contributed by atoms with Crippen LogP contribution in [0.25, 0.3) is 10.4 Å². The summed E-state index contributed by atoms with van der Waals surface area (Å²) in [5.74, 6) is 0. The van der Waals surface area contributed by atoms with Crippen molar-refractivity contribution in [3.63, 3.8) is 0 Å². The highest BCUT2D eigenvalue weighted by Crippen LogP contribution is 2.33. The SMILES string of the molecule is CCCCC(C)(N=[N+]=[N-])c1ccccc1C. The number of nitrogens with zero attached hydrogens (tertiary/aromatic N) is 3. The minimum atomic E-state index is -0.407. The molecule has 1 atom stereocenters. The molecule has 0 aliphatic heterocycles. The molecule has 1 aromatic rings. The van der Waals surface area contributed by atoms with Gasteiger partial charge in [0.25, 0.3) is 0 Å². The summed E-state index contributed by atoms with van der Waals surface area (Å²) in [5.41, 5.74) is 10.6. The number of aryl methyl sites for hydroxylation is 1. The van der Waals surface area contributed by atoms with Gasteiger partial charge in [0.1, 0.15) is 0 Å². The van der Waals surface area contributed by atoms with Crippen LogP contribution in [0.2, 0.25) is 0 Å². The predicted octanol–water partition coefficient (Wildman–Crippen LogP) is 4.71. The number of rotatable bonds is 5. The molecule has 0 fully saturated rings. The second kappa shape index (κ2) is 5.57. The first-order chi connectivity index (χ1) is 7.64. The van der Waals surface area contributed by atoms with E-state index in [4.69, 9.17) is 5.53 Å². The lowest BCUT2D eigenvalue weighted by Crippen LogP contribution is -2.19. The summed E-state index contributed by atoms with van der Waals surface area (Å²) in [7, 11) is 0. The number of azide groups is 1. The molecule has 0 N–H and O–H groups in total. The average Bonchev–Trinajstić information content (AvgIpc) is 2.27. The van der Waals surface area contributed by atoms with Crippen molar-refractivity contribution < 1.29 is 0 Å². The molecule has 0 aromatic heterocycles. The van der Waals surface area contributed by atoms with Crippen LogP contribution in [0, 0.1) is 6.92 Å². The van der Waals surface area contributed by atoms with Crippen LogP contribution in [0.15, 0.2) is 29.4 Å². The second-order valence-corrected chi connectivity index (χ2v) is 4.38. The Morgan fingerprint density at radius 1 is 1.38 bits per heavy atom. The number of hydrogen-bond donors (Lipinski definition) is 0. The van der Waals surface area contributed by atoms with Crippen LogP contribution in [-0.2, 0) is 5.54 Å². The van der Waals surface area contributed by atoms with E-state index < -0.39 is 5.54 Å². The van der Waals surface area contributed by atoms with E-state index in [-0.39, 0.29) is 0 Å². The predicted molar refractivity (Wildman–Crippen MR) is 67.2 cm³/mol. The van der Waals surface area contributed by atoms with Gasteiger partial charge in [-0.1, -0.05) is 49.1 Å². The molecule has 0 saturated carbocycles. The second-order valence-electron chi connectivity index (χ2n) is 4.38. The number of hydrogen-bond acceptors (Lipinski definition) is 1. The zero-order valence-electron chi connectivity index (χ0n) is 10.3. The molecular weight excluding hydrogens is 198 g/mol. The van der Waals surface area contributed by atoms with E-state index in [1.54, 1.807) is 0 Å². The van der Waals surface area contributed by atoms with Crippen molar-refractivity contribution >= 4 is 0 Å². The van der Waals surface area contributed by atoms with Crippen LogP contribution < -0.4 is 0 Å². The summed E-state index contributed by atoms with van der Waals surface area (Å²) < 4.78 is 0. The number of unbranched alkanes of at least 4 members (excludes halogenated alkanes) is 1. The molecule has 0 aliphatic carbocycles. The van der Waals surface area contributed by atoms with Gasteiger partial charge in [0, 0.05) is 4.91 Å².